The van der Waals surface area contributed by atoms with Crippen LogP contribution in [0, 0.1) is 0 Å². The molecule has 63 heavy (non-hydrogen) atoms. The highest BCUT2D eigenvalue weighted by Gasteiger charge is 2.57. The maximum atomic E-state index is 5.43. The molecule has 15 rings (SSSR count). The molecule has 0 saturated carbocycles. The van der Waals surface area contributed by atoms with E-state index in [0.29, 0.717) is 17.5 Å². The average molecular weight is 799 g/mol. The van der Waals surface area contributed by atoms with Crippen LogP contribution in [-0.4, -0.2) is 19.5 Å². The van der Waals surface area contributed by atoms with Crippen LogP contribution in [-0.2, 0) is 10.8 Å². The van der Waals surface area contributed by atoms with Crippen molar-refractivity contribution in [1.82, 2.24) is 19.5 Å². The minimum atomic E-state index is -0.648. The number of nitrogens with zero attached hydrogens (tertiary/aromatic N) is 4. The Hall–Kier alpha value is -8.21. The summed E-state index contributed by atoms with van der Waals surface area (Å²) in [5, 5.41) is 2.56. The van der Waals surface area contributed by atoms with Gasteiger partial charge in [0.1, 0.15) is 0 Å². The van der Waals surface area contributed by atoms with Gasteiger partial charge in [0.25, 0.3) is 0 Å². The van der Waals surface area contributed by atoms with E-state index in [1.807, 2.05) is 12.1 Å². The van der Waals surface area contributed by atoms with Gasteiger partial charge in [-0.2, -0.15) is 0 Å². The molecule has 2 spiro atoms. The third-order valence-electron chi connectivity index (χ3n) is 14.6. The second kappa shape index (κ2) is 11.8. The molecule has 0 N–H and O–H groups in total. The monoisotopic (exact) mass is 798 g/mol. The summed E-state index contributed by atoms with van der Waals surface area (Å²) in [6.45, 7) is 0. The van der Waals surface area contributed by atoms with Gasteiger partial charge in [-0.25, -0.2) is 15.0 Å². The van der Waals surface area contributed by atoms with Crippen molar-refractivity contribution < 1.29 is 0 Å². The molecule has 2 aromatic heterocycles. The Bertz CT molecular complexity index is 3470. The van der Waals surface area contributed by atoms with Crippen molar-refractivity contribution in [2.75, 3.05) is 0 Å². The molecule has 4 heteroatoms. The zero-order valence-electron chi connectivity index (χ0n) is 33.9. The molecule has 290 valence electrons. The van der Waals surface area contributed by atoms with Crippen LogP contribution in [0.15, 0.2) is 206 Å². The molecule has 0 atom stereocenters. The van der Waals surface area contributed by atoms with E-state index in [4.69, 9.17) is 15.0 Å². The van der Waals surface area contributed by atoms with Gasteiger partial charge in [0.15, 0.2) is 17.5 Å². The van der Waals surface area contributed by atoms with Gasteiger partial charge in [-0.3, -0.25) is 0 Å². The number of para-hydroxylation sites is 2. The molecule has 0 radical (unpaired) electrons. The summed E-state index contributed by atoms with van der Waals surface area (Å²) in [5.41, 5.74) is 20.7. The van der Waals surface area contributed by atoms with E-state index in [9.17, 15) is 0 Å². The van der Waals surface area contributed by atoms with Crippen LogP contribution in [0.2, 0.25) is 0 Å². The Labute approximate surface area is 363 Å². The molecular formula is C59H34N4. The van der Waals surface area contributed by atoms with Crippen LogP contribution in [0.5, 0.6) is 0 Å². The quantitative estimate of drug-likeness (QED) is 0.179. The normalized spacial score (nSPS) is 14.6. The minimum absolute atomic E-state index is 0.645. The summed E-state index contributed by atoms with van der Waals surface area (Å²) in [4.78, 5) is 16.0. The first-order valence-electron chi connectivity index (χ1n) is 21.8. The molecule has 11 aromatic rings. The summed E-state index contributed by atoms with van der Waals surface area (Å²) in [6, 6.07) is 76.0. The van der Waals surface area contributed by atoms with Crippen LogP contribution < -0.4 is 0 Å². The van der Waals surface area contributed by atoms with Gasteiger partial charge in [-0.15, -0.1) is 0 Å². The number of benzene rings is 9. The van der Waals surface area contributed by atoms with Gasteiger partial charge in [-0.1, -0.05) is 194 Å². The van der Waals surface area contributed by atoms with Gasteiger partial charge < -0.3 is 4.57 Å². The molecule has 0 fully saturated rings. The number of hydrogen-bond donors (Lipinski definition) is 0. The van der Waals surface area contributed by atoms with E-state index in [1.165, 1.54) is 94.3 Å². The minimum Gasteiger partial charge on any atom is -0.308 e. The molecular weight excluding hydrogens is 765 g/mol. The second-order valence-corrected chi connectivity index (χ2v) is 17.4. The maximum absolute atomic E-state index is 5.43. The lowest BCUT2D eigenvalue weighted by atomic mass is 9.60. The van der Waals surface area contributed by atoms with E-state index in [-0.39, 0.29) is 0 Å². The molecule has 4 nitrogen and oxygen atoms in total. The van der Waals surface area contributed by atoms with Gasteiger partial charge in [0, 0.05) is 27.5 Å². The highest BCUT2D eigenvalue weighted by molar-refractivity contribution is 6.16. The summed E-state index contributed by atoms with van der Waals surface area (Å²) >= 11 is 0. The second-order valence-electron chi connectivity index (χ2n) is 17.4. The fourth-order valence-electron chi connectivity index (χ4n) is 12.4. The van der Waals surface area contributed by atoms with Crippen molar-refractivity contribution >= 4 is 21.8 Å². The molecule has 0 unspecified atom stereocenters. The summed E-state index contributed by atoms with van der Waals surface area (Å²) in [6.07, 6.45) is 0. The molecule has 0 bridgehead atoms. The first-order chi connectivity index (χ1) is 31.3. The van der Waals surface area contributed by atoms with Gasteiger partial charge in [0.2, 0.25) is 0 Å². The topological polar surface area (TPSA) is 43.6 Å². The van der Waals surface area contributed by atoms with Gasteiger partial charge >= 0.3 is 0 Å². The van der Waals surface area contributed by atoms with Crippen LogP contribution in [0.4, 0.5) is 0 Å². The van der Waals surface area contributed by atoms with Crippen LogP contribution in [0.3, 0.4) is 0 Å². The third kappa shape index (κ3) is 3.92. The highest BCUT2D eigenvalue weighted by atomic mass is 15.0. The molecule has 2 aliphatic carbocycles. The first-order valence-corrected chi connectivity index (χ1v) is 21.8. The first kappa shape index (κ1) is 33.5. The third-order valence-corrected chi connectivity index (χ3v) is 14.6. The Morgan fingerprint density at radius 1 is 0.286 bits per heavy atom. The molecule has 4 aliphatic rings. The summed E-state index contributed by atoms with van der Waals surface area (Å²) in [5.74, 6) is 1.94. The number of hydrogen-bond acceptors (Lipinski definition) is 3. The van der Waals surface area contributed by atoms with E-state index in [0.717, 1.165) is 16.7 Å². The molecule has 9 aromatic carbocycles. The lowest BCUT2D eigenvalue weighted by Crippen LogP contribution is -2.39. The predicted octanol–water partition coefficient (Wildman–Crippen LogP) is 13.3. The average Bonchev–Trinajstić information content (AvgIpc) is 3.97. The lowest BCUT2D eigenvalue weighted by Gasteiger charge is -2.46. The van der Waals surface area contributed by atoms with Crippen LogP contribution in [0.1, 0.15) is 44.5 Å². The van der Waals surface area contributed by atoms with Crippen molar-refractivity contribution in [3.8, 4) is 62.1 Å². The Kier molecular flexibility index (Phi) is 6.27. The Balaban J connectivity index is 1.19. The van der Waals surface area contributed by atoms with Crippen molar-refractivity contribution in [1.29, 1.82) is 0 Å². The van der Waals surface area contributed by atoms with E-state index < -0.39 is 10.8 Å². The van der Waals surface area contributed by atoms with E-state index in [1.54, 1.807) is 0 Å². The van der Waals surface area contributed by atoms with Crippen LogP contribution in [0.25, 0.3) is 83.9 Å². The Morgan fingerprint density at radius 3 is 1.02 bits per heavy atom. The zero-order chi connectivity index (χ0) is 41.0. The number of rotatable bonds is 3. The van der Waals surface area contributed by atoms with E-state index in [2.05, 4.69) is 199 Å². The molecule has 0 saturated heterocycles. The predicted molar refractivity (Wildman–Crippen MR) is 252 cm³/mol. The zero-order valence-corrected chi connectivity index (χ0v) is 33.9. The van der Waals surface area contributed by atoms with Gasteiger partial charge in [0.05, 0.1) is 27.6 Å². The van der Waals surface area contributed by atoms with Crippen molar-refractivity contribution in [3.05, 3.63) is 251 Å². The number of fused-ring (bicyclic) bond motifs is 15. The van der Waals surface area contributed by atoms with Crippen molar-refractivity contribution in [2.24, 2.45) is 0 Å². The molecule has 0 amide bonds. The largest absolute Gasteiger partial charge is 0.308 e. The number of aromatic nitrogens is 4. The standard InChI is InChI=1S/C59H34N4/c1-3-17-35(18-4-1)55-60-56(36-19-5-2-6-20-36)62-57(61-55)37-33-50-54-51(34-37)59(46-29-13-9-23-40(46)41-24-10-14-30-47(41)59)49-32-16-26-43-42-25-15-31-48(52(42)63(54)53(43)49)58(50)44-27-11-7-21-38(44)39-22-8-12-28-45(39)58/h1-34H. The SMILES string of the molecule is c1ccc(-c2nc(-c3ccccc3)nc(-c3cc4c5c(c3)C3(c6ccccc6-c6ccccc63)c3cccc6c7cccc(c7n-5c36)C43c4ccccc4-c4ccccc43)n2)cc1. The summed E-state index contributed by atoms with van der Waals surface area (Å²) in [7, 11) is 0. The van der Waals surface area contributed by atoms with Gasteiger partial charge in [-0.05, 0) is 78.9 Å². The highest BCUT2D eigenvalue weighted by Crippen LogP contribution is 2.67. The lowest BCUT2D eigenvalue weighted by molar-refractivity contribution is 0.702. The smallest absolute Gasteiger partial charge is 0.164 e. The van der Waals surface area contributed by atoms with Crippen molar-refractivity contribution in [2.45, 2.75) is 10.8 Å². The fraction of sp³-hybridized carbons (Fsp3) is 0.0339. The molecule has 2 aliphatic heterocycles. The molecule has 4 heterocycles. The maximum Gasteiger partial charge on any atom is 0.164 e. The Morgan fingerprint density at radius 2 is 0.619 bits per heavy atom. The fourth-order valence-corrected chi connectivity index (χ4v) is 12.4. The van der Waals surface area contributed by atoms with Crippen molar-refractivity contribution in [3.63, 3.8) is 0 Å². The van der Waals surface area contributed by atoms with E-state index >= 15 is 0 Å². The summed E-state index contributed by atoms with van der Waals surface area (Å²) < 4.78 is 2.64. The van der Waals surface area contributed by atoms with Crippen LogP contribution >= 0.6 is 0 Å².